The fourth-order valence-corrected chi connectivity index (χ4v) is 4.03. The molecule has 1 N–H and O–H groups in total. The van der Waals surface area contributed by atoms with Gasteiger partial charge in [0.2, 0.25) is 0 Å². The predicted octanol–water partition coefficient (Wildman–Crippen LogP) is 4.33. The van der Waals surface area contributed by atoms with Crippen LogP contribution in [0.1, 0.15) is 36.0 Å². The zero-order valence-corrected chi connectivity index (χ0v) is 18.6. The Kier molecular flexibility index (Phi) is 6.27. The number of ether oxygens (including phenoxy) is 1. The third-order valence-corrected chi connectivity index (χ3v) is 6.27. The van der Waals surface area contributed by atoms with E-state index in [0.717, 1.165) is 9.78 Å². The molecular weight excluding hydrogens is 475 g/mol. The molecule has 0 fully saturated rings. The van der Waals surface area contributed by atoms with E-state index in [2.05, 4.69) is 5.32 Å². The number of carbonyl (C=O) groups excluding carboxylic acids is 4. The average molecular weight is 489 g/mol. The number of thiophene rings is 1. The van der Waals surface area contributed by atoms with Crippen molar-refractivity contribution in [3.8, 4) is 0 Å². The van der Waals surface area contributed by atoms with Crippen molar-refractivity contribution >= 4 is 63.9 Å². The zero-order chi connectivity index (χ0) is 22.8. The van der Waals surface area contributed by atoms with Gasteiger partial charge in [-0.15, -0.1) is 11.3 Å². The van der Waals surface area contributed by atoms with Crippen LogP contribution in [0.5, 0.6) is 0 Å². The van der Waals surface area contributed by atoms with Gasteiger partial charge in [0, 0.05) is 4.88 Å². The molecule has 0 bridgehead atoms. The highest BCUT2D eigenvalue weighted by Crippen LogP contribution is 2.33. The van der Waals surface area contributed by atoms with Crippen LogP contribution in [0.15, 0.2) is 53.9 Å². The number of nitrogens with zero attached hydrogens (tertiary/aromatic N) is 1. The zero-order valence-electron chi connectivity index (χ0n) is 16.3. The number of carbonyl (C=O) groups is 4. The number of fused-ring (bicyclic) bond motifs is 1. The van der Waals surface area contributed by atoms with E-state index >= 15 is 0 Å². The molecule has 0 saturated heterocycles. The lowest BCUT2D eigenvalue weighted by atomic mass is 10.1. The second-order valence-electron chi connectivity index (χ2n) is 6.74. The number of hydrogen-bond acceptors (Lipinski definition) is 6. The van der Waals surface area contributed by atoms with Gasteiger partial charge in [-0.3, -0.25) is 14.4 Å². The first-order valence-electron chi connectivity index (χ1n) is 9.29. The van der Waals surface area contributed by atoms with Gasteiger partial charge in [-0.05, 0) is 47.8 Å². The van der Waals surface area contributed by atoms with Crippen LogP contribution in [0, 0.1) is 0 Å². The van der Waals surface area contributed by atoms with Crippen LogP contribution in [-0.2, 0) is 16.1 Å². The van der Waals surface area contributed by atoms with Gasteiger partial charge in [-0.2, -0.15) is 0 Å². The largest absolute Gasteiger partial charge is 0.452 e. The summed E-state index contributed by atoms with van der Waals surface area (Å²) in [7, 11) is 0. The van der Waals surface area contributed by atoms with Gasteiger partial charge in [-0.1, -0.05) is 29.3 Å². The highest BCUT2D eigenvalue weighted by Gasteiger charge is 2.37. The number of rotatable bonds is 6. The second-order valence-corrected chi connectivity index (χ2v) is 8.58. The van der Waals surface area contributed by atoms with Gasteiger partial charge in [0.15, 0.2) is 6.61 Å². The first kappa shape index (κ1) is 22.0. The van der Waals surface area contributed by atoms with Crippen molar-refractivity contribution in [1.29, 1.82) is 0 Å². The Morgan fingerprint density at radius 3 is 2.47 bits per heavy atom. The highest BCUT2D eigenvalue weighted by atomic mass is 35.5. The molecule has 10 heteroatoms. The number of halogens is 2. The molecule has 0 aliphatic carbocycles. The van der Waals surface area contributed by atoms with E-state index in [9.17, 15) is 19.2 Å². The van der Waals surface area contributed by atoms with Crippen LogP contribution < -0.4 is 10.2 Å². The third-order valence-electron chi connectivity index (χ3n) is 4.66. The first-order valence-corrected chi connectivity index (χ1v) is 10.9. The monoisotopic (exact) mass is 488 g/mol. The number of anilines is 1. The molecule has 0 radical (unpaired) electrons. The molecule has 7 nitrogen and oxygen atoms in total. The van der Waals surface area contributed by atoms with Crippen LogP contribution in [0.25, 0.3) is 0 Å². The van der Waals surface area contributed by atoms with Crippen molar-refractivity contribution < 1.29 is 23.9 Å². The van der Waals surface area contributed by atoms with Gasteiger partial charge in [-0.25, -0.2) is 9.69 Å². The van der Waals surface area contributed by atoms with Crippen molar-refractivity contribution in [1.82, 2.24) is 5.32 Å². The Balaban J connectivity index is 1.44. The molecule has 162 valence electrons. The molecule has 0 saturated carbocycles. The van der Waals surface area contributed by atoms with Crippen LogP contribution in [0.2, 0.25) is 10.0 Å². The van der Waals surface area contributed by atoms with Crippen LogP contribution in [0.3, 0.4) is 0 Å². The van der Waals surface area contributed by atoms with E-state index < -0.39 is 30.3 Å². The van der Waals surface area contributed by atoms with Crippen LogP contribution >= 0.6 is 34.5 Å². The summed E-state index contributed by atoms with van der Waals surface area (Å²) in [6, 6.07) is 12.2. The number of benzene rings is 2. The summed E-state index contributed by atoms with van der Waals surface area (Å²) in [5.74, 6) is -2.39. The summed E-state index contributed by atoms with van der Waals surface area (Å²) >= 11 is 13.4. The van der Waals surface area contributed by atoms with E-state index in [1.807, 2.05) is 17.5 Å². The maximum Gasteiger partial charge on any atom is 0.338 e. The lowest BCUT2D eigenvalue weighted by Gasteiger charge is -2.14. The normalized spacial score (nSPS) is 12.6. The van der Waals surface area contributed by atoms with Gasteiger partial charge in [0.05, 0.1) is 39.0 Å². The summed E-state index contributed by atoms with van der Waals surface area (Å²) in [4.78, 5) is 51.8. The standard InChI is InChI=1S/C22H14Cl2N2O5S/c23-17-6-4-13(9-18(17)24)26-20(28)15-5-3-12(8-16(15)21(26)29)22(30)31-11-19(27)25-10-14-2-1-7-32-14/h1-9H,10-11H2,(H,25,27). The fraction of sp³-hybridized carbons (Fsp3) is 0.0909. The quantitative estimate of drug-likeness (QED) is 0.411. The van der Waals surface area contributed by atoms with Crippen LogP contribution in [-0.4, -0.2) is 30.3 Å². The van der Waals surface area contributed by atoms with Gasteiger partial charge in [0.25, 0.3) is 17.7 Å². The summed E-state index contributed by atoms with van der Waals surface area (Å²) in [5.41, 5.74) is 0.507. The van der Waals surface area contributed by atoms with E-state index in [1.165, 1.54) is 47.7 Å². The Hall–Kier alpha value is -3.20. The predicted molar refractivity (Wildman–Crippen MR) is 120 cm³/mol. The van der Waals surface area contributed by atoms with Crippen molar-refractivity contribution in [2.75, 3.05) is 11.5 Å². The van der Waals surface area contributed by atoms with E-state index in [-0.39, 0.29) is 32.4 Å². The van der Waals surface area contributed by atoms with Gasteiger partial charge in [0.1, 0.15) is 0 Å². The minimum absolute atomic E-state index is 0.0481. The topological polar surface area (TPSA) is 92.8 Å². The lowest BCUT2D eigenvalue weighted by molar-refractivity contribution is -0.124. The van der Waals surface area contributed by atoms with Crippen molar-refractivity contribution in [3.63, 3.8) is 0 Å². The van der Waals surface area contributed by atoms with Crippen molar-refractivity contribution in [2.24, 2.45) is 0 Å². The number of hydrogen-bond donors (Lipinski definition) is 1. The van der Waals surface area contributed by atoms with Gasteiger partial charge >= 0.3 is 5.97 Å². The molecule has 0 spiro atoms. The average Bonchev–Trinajstić information content (AvgIpc) is 3.39. The number of esters is 1. The first-order chi connectivity index (χ1) is 15.3. The smallest absolute Gasteiger partial charge is 0.338 e. The summed E-state index contributed by atoms with van der Waals surface area (Å²) in [5, 5.41) is 5.03. The molecule has 0 unspecified atom stereocenters. The lowest BCUT2D eigenvalue weighted by Crippen LogP contribution is -2.29. The molecule has 4 rings (SSSR count). The van der Waals surface area contributed by atoms with E-state index in [4.69, 9.17) is 27.9 Å². The SMILES string of the molecule is O=C(COC(=O)c1ccc2c(c1)C(=O)N(c1ccc(Cl)c(Cl)c1)C2=O)NCc1cccs1. The minimum atomic E-state index is -0.785. The van der Waals surface area contributed by atoms with Crippen molar-refractivity contribution in [3.05, 3.63) is 85.5 Å². The maximum absolute atomic E-state index is 12.9. The summed E-state index contributed by atoms with van der Waals surface area (Å²) in [6.45, 7) is -0.127. The molecule has 3 amide bonds. The Morgan fingerprint density at radius 1 is 0.969 bits per heavy atom. The minimum Gasteiger partial charge on any atom is -0.452 e. The molecule has 1 aliphatic heterocycles. The molecule has 0 atom stereocenters. The number of imide groups is 1. The third kappa shape index (κ3) is 4.38. The van der Waals surface area contributed by atoms with Crippen LogP contribution in [0.4, 0.5) is 5.69 Å². The number of amides is 3. The molecule has 2 heterocycles. The second kappa shape index (κ2) is 9.12. The maximum atomic E-state index is 12.9. The molecule has 32 heavy (non-hydrogen) atoms. The molecule has 1 aromatic heterocycles. The van der Waals surface area contributed by atoms with Crippen molar-refractivity contribution in [2.45, 2.75) is 6.54 Å². The summed E-state index contributed by atoms with van der Waals surface area (Å²) in [6.07, 6.45) is 0. The number of nitrogens with one attached hydrogen (secondary N) is 1. The highest BCUT2D eigenvalue weighted by molar-refractivity contribution is 7.09. The molecule has 2 aromatic carbocycles. The van der Waals surface area contributed by atoms with Gasteiger partial charge < -0.3 is 10.1 Å². The molecule has 1 aliphatic rings. The fourth-order valence-electron chi connectivity index (χ4n) is 3.09. The Bertz CT molecular complexity index is 1240. The van der Waals surface area contributed by atoms with E-state index in [1.54, 1.807) is 0 Å². The van der Waals surface area contributed by atoms with E-state index in [0.29, 0.717) is 6.54 Å². The Morgan fingerprint density at radius 2 is 1.75 bits per heavy atom. The molecular formula is C22H14Cl2N2O5S. The Labute approximate surface area is 196 Å². The summed E-state index contributed by atoms with van der Waals surface area (Å²) < 4.78 is 5.03. The molecule has 3 aromatic rings.